The van der Waals surface area contributed by atoms with Crippen molar-refractivity contribution in [1.29, 1.82) is 0 Å². The van der Waals surface area contributed by atoms with Gasteiger partial charge >= 0.3 is 5.97 Å². The Morgan fingerprint density at radius 1 is 1.12 bits per heavy atom. The number of benzene rings is 2. The molecule has 0 aliphatic carbocycles. The van der Waals surface area contributed by atoms with Gasteiger partial charge in [-0.1, -0.05) is 18.2 Å². The van der Waals surface area contributed by atoms with Gasteiger partial charge in [0.15, 0.2) is 6.61 Å². The van der Waals surface area contributed by atoms with E-state index in [1.807, 2.05) is 6.07 Å². The van der Waals surface area contributed by atoms with E-state index in [0.29, 0.717) is 11.1 Å². The maximum atomic E-state index is 12.1. The first kappa shape index (κ1) is 16.6. The Hall–Kier alpha value is -3.26. The first-order valence-electron chi connectivity index (χ1n) is 7.23. The average Bonchev–Trinajstić information content (AvgIpc) is 3.03. The van der Waals surface area contributed by atoms with E-state index in [4.69, 9.17) is 4.74 Å². The van der Waals surface area contributed by atoms with Gasteiger partial charge in [-0.05, 0) is 24.3 Å². The summed E-state index contributed by atoms with van der Waals surface area (Å²) in [5, 5.41) is 14.0. The molecule has 1 amide bonds. The smallest absolute Gasteiger partial charge is 0.348 e. The number of thiophene rings is 1. The number of rotatable bonds is 5. The molecule has 1 heterocycles. The lowest BCUT2D eigenvalue weighted by atomic mass is 10.2. The minimum Gasteiger partial charge on any atom is -0.451 e. The van der Waals surface area contributed by atoms with Crippen LogP contribution in [0.15, 0.2) is 54.6 Å². The molecule has 0 radical (unpaired) electrons. The molecular formula is C17H12N2O5S. The number of nitrogens with one attached hydrogen (secondary N) is 1. The van der Waals surface area contributed by atoms with Crippen LogP contribution < -0.4 is 5.32 Å². The molecule has 0 aliphatic rings. The summed E-state index contributed by atoms with van der Waals surface area (Å²) in [4.78, 5) is 34.4. The second-order valence-electron chi connectivity index (χ2n) is 5.08. The van der Waals surface area contributed by atoms with Crippen molar-refractivity contribution < 1.29 is 19.2 Å². The van der Waals surface area contributed by atoms with Crippen LogP contribution in [0.3, 0.4) is 0 Å². The fourth-order valence-corrected chi connectivity index (χ4v) is 3.10. The number of nitrogens with zero attached hydrogens (tertiary/aromatic N) is 1. The summed E-state index contributed by atoms with van der Waals surface area (Å²) in [6, 6.07) is 14.7. The van der Waals surface area contributed by atoms with Crippen LogP contribution in [0.1, 0.15) is 9.67 Å². The molecule has 2 aromatic carbocycles. The number of esters is 1. The summed E-state index contributed by atoms with van der Waals surface area (Å²) >= 11 is 1.15. The third kappa shape index (κ3) is 3.99. The normalized spacial score (nSPS) is 10.4. The first-order valence-corrected chi connectivity index (χ1v) is 8.04. The predicted octanol–water partition coefficient (Wildman–Crippen LogP) is 3.61. The van der Waals surface area contributed by atoms with Crippen molar-refractivity contribution >= 4 is 44.7 Å². The van der Waals surface area contributed by atoms with Gasteiger partial charge in [0.05, 0.1) is 4.92 Å². The van der Waals surface area contributed by atoms with Crippen molar-refractivity contribution in [1.82, 2.24) is 0 Å². The molecule has 0 aliphatic heterocycles. The SMILES string of the molecule is O=C(COC(=O)c1cc2cc([N+](=O)[O-])ccc2s1)Nc1ccccc1. The average molecular weight is 356 g/mol. The largest absolute Gasteiger partial charge is 0.451 e. The topological polar surface area (TPSA) is 98.5 Å². The van der Waals surface area contributed by atoms with E-state index >= 15 is 0 Å². The standard InChI is InChI=1S/C17H12N2O5S/c20-16(18-12-4-2-1-3-5-12)10-24-17(21)15-9-11-8-13(19(22)23)6-7-14(11)25-15/h1-9H,10H2,(H,18,20). The van der Waals surface area contributed by atoms with E-state index in [1.165, 1.54) is 18.2 Å². The van der Waals surface area contributed by atoms with Crippen molar-refractivity contribution in [2.45, 2.75) is 0 Å². The lowest BCUT2D eigenvalue weighted by Crippen LogP contribution is -2.20. The van der Waals surface area contributed by atoms with Gasteiger partial charge in [-0.3, -0.25) is 14.9 Å². The zero-order valence-corrected chi connectivity index (χ0v) is 13.6. The van der Waals surface area contributed by atoms with Gasteiger partial charge in [0.1, 0.15) is 4.88 Å². The van der Waals surface area contributed by atoms with Crippen LogP contribution in [0.2, 0.25) is 0 Å². The maximum Gasteiger partial charge on any atom is 0.348 e. The Labute approximate surface area is 146 Å². The summed E-state index contributed by atoms with van der Waals surface area (Å²) in [6.07, 6.45) is 0. The summed E-state index contributed by atoms with van der Waals surface area (Å²) in [5.74, 6) is -1.09. The Morgan fingerprint density at radius 2 is 1.88 bits per heavy atom. The number of ether oxygens (including phenoxy) is 1. The van der Waals surface area contributed by atoms with Crippen LogP contribution in [0.4, 0.5) is 11.4 Å². The second kappa shape index (κ2) is 7.10. The van der Waals surface area contributed by atoms with Crippen molar-refractivity contribution in [2.24, 2.45) is 0 Å². The highest BCUT2D eigenvalue weighted by Crippen LogP contribution is 2.29. The van der Waals surface area contributed by atoms with Crippen molar-refractivity contribution in [3.05, 3.63) is 69.6 Å². The molecule has 1 aromatic heterocycles. The van der Waals surface area contributed by atoms with Crippen LogP contribution >= 0.6 is 11.3 Å². The zero-order chi connectivity index (χ0) is 17.8. The number of carbonyl (C=O) groups is 2. The highest BCUT2D eigenvalue weighted by Gasteiger charge is 2.15. The van der Waals surface area contributed by atoms with Crippen LogP contribution in [-0.4, -0.2) is 23.4 Å². The molecule has 0 bridgehead atoms. The predicted molar refractivity (Wildman–Crippen MR) is 93.8 cm³/mol. The van der Waals surface area contributed by atoms with Gasteiger partial charge in [-0.25, -0.2) is 4.79 Å². The molecule has 3 rings (SSSR count). The number of non-ortho nitro benzene ring substituents is 1. The summed E-state index contributed by atoms with van der Waals surface area (Å²) in [7, 11) is 0. The Kier molecular flexibility index (Phi) is 4.71. The monoisotopic (exact) mass is 356 g/mol. The van der Waals surface area contributed by atoms with Gasteiger partial charge in [0, 0.05) is 27.9 Å². The number of fused-ring (bicyclic) bond motifs is 1. The third-order valence-corrected chi connectivity index (χ3v) is 4.40. The lowest BCUT2D eigenvalue weighted by molar-refractivity contribution is -0.384. The summed E-state index contributed by atoms with van der Waals surface area (Å²) in [6.45, 7) is -0.415. The van der Waals surface area contributed by atoms with Gasteiger partial charge in [0.2, 0.25) is 0 Å². The fourth-order valence-electron chi connectivity index (χ4n) is 2.17. The molecule has 8 heteroatoms. The zero-order valence-electron chi connectivity index (χ0n) is 12.8. The molecular weight excluding hydrogens is 344 g/mol. The molecule has 25 heavy (non-hydrogen) atoms. The number of anilines is 1. The quantitative estimate of drug-likeness (QED) is 0.428. The number of nitro benzene ring substituents is 1. The van der Waals surface area contributed by atoms with E-state index in [2.05, 4.69) is 5.32 Å². The molecule has 0 saturated carbocycles. The van der Waals surface area contributed by atoms with E-state index in [1.54, 1.807) is 30.3 Å². The highest BCUT2D eigenvalue weighted by atomic mass is 32.1. The first-order chi connectivity index (χ1) is 12.0. The molecule has 0 spiro atoms. The summed E-state index contributed by atoms with van der Waals surface area (Å²) < 4.78 is 5.72. The van der Waals surface area contributed by atoms with Crippen LogP contribution in [-0.2, 0) is 9.53 Å². The van der Waals surface area contributed by atoms with Crippen molar-refractivity contribution in [2.75, 3.05) is 11.9 Å². The Balaban J connectivity index is 1.64. The maximum absolute atomic E-state index is 12.1. The number of nitro groups is 1. The number of amides is 1. The van der Waals surface area contributed by atoms with Gasteiger partial charge in [-0.2, -0.15) is 0 Å². The van der Waals surface area contributed by atoms with E-state index in [-0.39, 0.29) is 10.6 Å². The van der Waals surface area contributed by atoms with Crippen molar-refractivity contribution in [3.8, 4) is 0 Å². The Bertz CT molecular complexity index is 952. The highest BCUT2D eigenvalue weighted by molar-refractivity contribution is 7.20. The fraction of sp³-hybridized carbons (Fsp3) is 0.0588. The number of para-hydroxylation sites is 1. The molecule has 3 aromatic rings. The van der Waals surface area contributed by atoms with Gasteiger partial charge in [0.25, 0.3) is 11.6 Å². The third-order valence-electron chi connectivity index (χ3n) is 3.30. The molecule has 0 fully saturated rings. The lowest BCUT2D eigenvalue weighted by Gasteiger charge is -2.05. The molecule has 7 nitrogen and oxygen atoms in total. The van der Waals surface area contributed by atoms with Crippen LogP contribution in [0, 0.1) is 10.1 Å². The van der Waals surface area contributed by atoms with Crippen molar-refractivity contribution in [3.63, 3.8) is 0 Å². The molecule has 126 valence electrons. The number of hydrogen-bond acceptors (Lipinski definition) is 6. The number of hydrogen-bond donors (Lipinski definition) is 1. The van der Waals surface area contributed by atoms with E-state index < -0.39 is 23.4 Å². The van der Waals surface area contributed by atoms with Gasteiger partial charge < -0.3 is 10.1 Å². The minimum absolute atomic E-state index is 0.0487. The second-order valence-corrected chi connectivity index (χ2v) is 6.16. The van der Waals surface area contributed by atoms with Crippen LogP contribution in [0.5, 0.6) is 0 Å². The minimum atomic E-state index is -0.646. The molecule has 1 N–H and O–H groups in total. The van der Waals surface area contributed by atoms with E-state index in [9.17, 15) is 19.7 Å². The molecule has 0 saturated heterocycles. The van der Waals surface area contributed by atoms with E-state index in [0.717, 1.165) is 16.0 Å². The van der Waals surface area contributed by atoms with Crippen LogP contribution in [0.25, 0.3) is 10.1 Å². The molecule has 0 unspecified atom stereocenters. The molecule has 0 atom stereocenters. The summed E-state index contributed by atoms with van der Waals surface area (Å²) in [5.41, 5.74) is 0.560. The van der Waals surface area contributed by atoms with Gasteiger partial charge in [-0.15, -0.1) is 11.3 Å². The number of carbonyl (C=O) groups excluding carboxylic acids is 2. The Morgan fingerprint density at radius 3 is 2.60 bits per heavy atom.